The van der Waals surface area contributed by atoms with Crippen molar-refractivity contribution in [3.8, 4) is 0 Å². The fourth-order valence-corrected chi connectivity index (χ4v) is 3.78. The summed E-state index contributed by atoms with van der Waals surface area (Å²) in [7, 11) is 0. The van der Waals surface area contributed by atoms with Crippen molar-refractivity contribution in [1.82, 2.24) is 4.90 Å². The second-order valence-electron chi connectivity index (χ2n) is 6.46. The summed E-state index contributed by atoms with van der Waals surface area (Å²) in [6.45, 7) is 4.50. The van der Waals surface area contributed by atoms with Crippen molar-refractivity contribution in [2.24, 2.45) is 17.8 Å². The van der Waals surface area contributed by atoms with E-state index in [1.807, 2.05) is 18.7 Å². The highest BCUT2D eigenvalue weighted by Gasteiger charge is 2.47. The van der Waals surface area contributed by atoms with Crippen LogP contribution in [-0.2, 0) is 9.59 Å². The van der Waals surface area contributed by atoms with Gasteiger partial charge in [0, 0.05) is 23.9 Å². The molecule has 0 aromatic heterocycles. The molecule has 22 heavy (non-hydrogen) atoms. The summed E-state index contributed by atoms with van der Waals surface area (Å²) in [5, 5.41) is 19.5. The lowest BCUT2D eigenvalue weighted by Gasteiger charge is -2.39. The fraction of sp³-hybridized carbons (Fsp3) is 0.647. The van der Waals surface area contributed by atoms with Gasteiger partial charge < -0.3 is 15.1 Å². The second kappa shape index (κ2) is 5.45. The zero-order valence-electron chi connectivity index (χ0n) is 13.1. The number of carboxylic acid groups (broad SMARTS) is 2. The first-order chi connectivity index (χ1) is 10.5. The molecule has 0 unspecified atom stereocenters. The smallest absolute Gasteiger partial charge is 0.333 e. The third kappa shape index (κ3) is 2.32. The topological polar surface area (TPSA) is 77.8 Å². The Kier molecular flexibility index (Phi) is 3.75. The van der Waals surface area contributed by atoms with Crippen LogP contribution in [0.15, 0.2) is 22.5 Å². The lowest BCUT2D eigenvalue weighted by atomic mass is 9.80. The first-order valence-corrected chi connectivity index (χ1v) is 8.23. The van der Waals surface area contributed by atoms with Gasteiger partial charge in [0.25, 0.3) is 0 Å². The van der Waals surface area contributed by atoms with Crippen LogP contribution in [0.4, 0.5) is 0 Å². The molecule has 2 N–H and O–H groups in total. The van der Waals surface area contributed by atoms with Crippen LogP contribution >= 0.6 is 0 Å². The highest BCUT2D eigenvalue weighted by atomic mass is 16.4. The molecule has 2 saturated carbocycles. The molecule has 5 heteroatoms. The second-order valence-corrected chi connectivity index (χ2v) is 6.46. The molecule has 1 aliphatic heterocycles. The monoisotopic (exact) mass is 305 g/mol. The molecule has 2 aliphatic carbocycles. The van der Waals surface area contributed by atoms with Gasteiger partial charge in [-0.2, -0.15) is 0 Å². The maximum atomic E-state index is 11.9. The average molecular weight is 305 g/mol. The minimum absolute atomic E-state index is 0.296. The van der Waals surface area contributed by atoms with Gasteiger partial charge in [0.2, 0.25) is 0 Å². The third-order valence-electron chi connectivity index (χ3n) is 4.94. The predicted molar refractivity (Wildman–Crippen MR) is 80.9 cm³/mol. The molecule has 0 amide bonds. The van der Waals surface area contributed by atoms with Crippen molar-refractivity contribution >= 4 is 11.9 Å². The van der Waals surface area contributed by atoms with E-state index in [1.165, 1.54) is 0 Å². The number of hydrogen-bond acceptors (Lipinski definition) is 3. The van der Waals surface area contributed by atoms with Crippen molar-refractivity contribution in [3.05, 3.63) is 22.5 Å². The van der Waals surface area contributed by atoms with E-state index in [9.17, 15) is 19.8 Å². The van der Waals surface area contributed by atoms with Crippen molar-refractivity contribution in [3.63, 3.8) is 0 Å². The number of hydrogen-bond donors (Lipinski definition) is 2. The molecule has 0 radical (unpaired) electrons. The zero-order chi connectivity index (χ0) is 16.0. The van der Waals surface area contributed by atoms with Crippen molar-refractivity contribution in [1.29, 1.82) is 0 Å². The summed E-state index contributed by atoms with van der Waals surface area (Å²) >= 11 is 0. The van der Waals surface area contributed by atoms with Crippen LogP contribution in [0.25, 0.3) is 0 Å². The Balaban J connectivity index is 2.20. The molecule has 0 bridgehead atoms. The Morgan fingerprint density at radius 2 is 1.36 bits per heavy atom. The van der Waals surface area contributed by atoms with Crippen LogP contribution in [0.1, 0.15) is 46.0 Å². The molecular formula is C17H23NO4. The highest BCUT2D eigenvalue weighted by molar-refractivity contribution is 5.96. The molecule has 0 spiro atoms. The summed E-state index contributed by atoms with van der Waals surface area (Å²) in [6.07, 6.45) is 4.57. The Morgan fingerprint density at radius 3 is 1.59 bits per heavy atom. The standard InChI is InChI=1S/C17H23NO4/c1-3-11-12(16(19)20)14(9-5-6-9)18(4-2)15(10-7-8-10)13(11)17(21)22/h9-11H,3-8H2,1-2H3,(H,19,20)(H,21,22). The number of carbonyl (C=O) groups is 2. The Morgan fingerprint density at radius 1 is 0.955 bits per heavy atom. The average Bonchev–Trinajstić information content (AvgIpc) is 3.36. The maximum absolute atomic E-state index is 11.9. The molecule has 5 nitrogen and oxygen atoms in total. The van der Waals surface area contributed by atoms with E-state index in [2.05, 4.69) is 0 Å². The van der Waals surface area contributed by atoms with Crippen molar-refractivity contribution in [2.45, 2.75) is 46.0 Å². The van der Waals surface area contributed by atoms with Gasteiger partial charge in [-0.15, -0.1) is 0 Å². The van der Waals surface area contributed by atoms with Crippen molar-refractivity contribution in [2.75, 3.05) is 6.54 Å². The number of allylic oxidation sites excluding steroid dienone is 2. The molecular weight excluding hydrogens is 282 g/mol. The first-order valence-electron chi connectivity index (χ1n) is 8.23. The molecule has 0 atom stereocenters. The predicted octanol–water partition coefficient (Wildman–Crippen LogP) is 2.85. The van der Waals surface area contributed by atoms with Gasteiger partial charge >= 0.3 is 11.9 Å². The van der Waals surface area contributed by atoms with Crippen LogP contribution in [0.2, 0.25) is 0 Å². The summed E-state index contributed by atoms with van der Waals surface area (Å²) in [6, 6.07) is 0. The number of aliphatic carboxylic acids is 2. The van der Waals surface area contributed by atoms with Crippen LogP contribution in [0.5, 0.6) is 0 Å². The van der Waals surface area contributed by atoms with Gasteiger partial charge in [0.1, 0.15) is 0 Å². The molecule has 3 aliphatic rings. The van der Waals surface area contributed by atoms with Gasteiger partial charge in [-0.25, -0.2) is 9.59 Å². The summed E-state index contributed by atoms with van der Waals surface area (Å²) in [5.74, 6) is -1.81. The molecule has 1 heterocycles. The minimum atomic E-state index is -0.958. The lowest BCUT2D eigenvalue weighted by molar-refractivity contribution is -0.134. The molecule has 0 saturated heterocycles. The van der Waals surface area contributed by atoms with Crippen LogP contribution < -0.4 is 0 Å². The van der Waals surface area contributed by atoms with Crippen LogP contribution in [0.3, 0.4) is 0 Å². The lowest BCUT2D eigenvalue weighted by Crippen LogP contribution is -2.38. The van der Waals surface area contributed by atoms with E-state index in [4.69, 9.17) is 0 Å². The number of nitrogens with zero attached hydrogens (tertiary/aromatic N) is 1. The zero-order valence-corrected chi connectivity index (χ0v) is 13.1. The van der Waals surface area contributed by atoms with Gasteiger partial charge in [-0.3, -0.25) is 0 Å². The summed E-state index contributed by atoms with van der Waals surface area (Å²) in [5.41, 5.74) is 2.45. The fourth-order valence-electron chi connectivity index (χ4n) is 3.78. The van der Waals surface area contributed by atoms with E-state index in [1.54, 1.807) is 0 Å². The Bertz CT molecular complexity index is 533. The van der Waals surface area contributed by atoms with Crippen LogP contribution in [-0.4, -0.2) is 33.6 Å². The minimum Gasteiger partial charge on any atom is -0.478 e. The van der Waals surface area contributed by atoms with E-state index in [0.29, 0.717) is 35.9 Å². The quantitative estimate of drug-likeness (QED) is 0.789. The van der Waals surface area contributed by atoms with Crippen LogP contribution in [0, 0.1) is 17.8 Å². The van der Waals surface area contributed by atoms with E-state index in [0.717, 1.165) is 37.1 Å². The highest BCUT2D eigenvalue weighted by Crippen LogP contribution is 2.52. The number of rotatable bonds is 6. The molecule has 3 rings (SSSR count). The summed E-state index contributed by atoms with van der Waals surface area (Å²) < 4.78 is 0. The van der Waals surface area contributed by atoms with Crippen molar-refractivity contribution < 1.29 is 19.8 Å². The SMILES string of the molecule is CCC1C(C(=O)O)=C(C2CC2)N(CC)C(C2CC2)=C1C(=O)O. The van der Waals surface area contributed by atoms with E-state index < -0.39 is 17.9 Å². The normalized spacial score (nSPS) is 23.3. The number of carboxylic acids is 2. The van der Waals surface area contributed by atoms with Gasteiger partial charge in [-0.1, -0.05) is 6.92 Å². The van der Waals surface area contributed by atoms with Gasteiger partial charge in [0.15, 0.2) is 0 Å². The Hall–Kier alpha value is -1.78. The molecule has 120 valence electrons. The Labute approximate surface area is 130 Å². The van der Waals surface area contributed by atoms with Gasteiger partial charge in [0.05, 0.1) is 11.1 Å². The van der Waals surface area contributed by atoms with E-state index in [-0.39, 0.29) is 0 Å². The molecule has 0 aromatic rings. The first kappa shape index (κ1) is 15.1. The molecule has 0 aromatic carbocycles. The van der Waals surface area contributed by atoms with E-state index >= 15 is 0 Å². The maximum Gasteiger partial charge on any atom is 0.333 e. The summed E-state index contributed by atoms with van der Waals surface area (Å²) in [4.78, 5) is 25.8. The largest absolute Gasteiger partial charge is 0.478 e. The third-order valence-corrected chi connectivity index (χ3v) is 4.94. The van der Waals surface area contributed by atoms with Gasteiger partial charge in [-0.05, 0) is 50.9 Å². The molecule has 2 fully saturated rings.